The molecule has 1 aromatic rings. The molecule has 1 aromatic heterocycles. The van der Waals surface area contributed by atoms with Crippen LogP contribution >= 0.6 is 48.0 Å². The summed E-state index contributed by atoms with van der Waals surface area (Å²) in [5.41, 5.74) is 17.0. The van der Waals surface area contributed by atoms with Gasteiger partial charge >= 0.3 is 12.1 Å². The number of thioether (sulfide) groups is 2. The summed E-state index contributed by atoms with van der Waals surface area (Å²) in [7, 11) is 0. The van der Waals surface area contributed by atoms with E-state index in [1.165, 1.54) is 23.5 Å². The van der Waals surface area contributed by atoms with Gasteiger partial charge in [-0.05, 0) is 40.4 Å². The van der Waals surface area contributed by atoms with E-state index < -0.39 is 23.8 Å². The van der Waals surface area contributed by atoms with Crippen molar-refractivity contribution in [2.75, 3.05) is 12.0 Å². The molecular formula is C19H29N5O4S4. The van der Waals surface area contributed by atoms with Crippen LogP contribution in [0.3, 0.4) is 0 Å². The molecule has 0 spiro atoms. The average molecular weight is 520 g/mol. The Morgan fingerprint density at radius 1 is 1.22 bits per heavy atom. The quantitative estimate of drug-likeness (QED) is 0.209. The van der Waals surface area contributed by atoms with Gasteiger partial charge in [-0.15, -0.1) is 23.5 Å². The lowest BCUT2D eigenvalue weighted by molar-refractivity contribution is -0.143. The molecule has 1 unspecified atom stereocenters. The minimum atomic E-state index is -1.07. The molecule has 32 heavy (non-hydrogen) atoms. The van der Waals surface area contributed by atoms with Crippen molar-refractivity contribution < 1.29 is 19.1 Å². The van der Waals surface area contributed by atoms with Gasteiger partial charge in [0, 0.05) is 18.1 Å². The fourth-order valence-corrected chi connectivity index (χ4v) is 3.70. The second-order valence-electron chi connectivity index (χ2n) is 7.06. The molecule has 0 fully saturated rings. The molecular weight excluding hydrogens is 491 g/mol. The molecule has 9 nitrogen and oxygen atoms in total. The van der Waals surface area contributed by atoms with Gasteiger partial charge in [0.2, 0.25) is 0 Å². The highest BCUT2D eigenvalue weighted by atomic mass is 32.2. The Balaban J connectivity index is 0.00000220. The highest BCUT2D eigenvalue weighted by Crippen LogP contribution is 2.28. The van der Waals surface area contributed by atoms with Crippen LogP contribution in [0.5, 0.6) is 0 Å². The second kappa shape index (κ2) is 15.1. The third-order valence-corrected chi connectivity index (χ3v) is 5.34. The standard InChI is InChI=1S/C17H24N4O4S3.C2H5NS/c1-17(2,3)25-16(23)24-14(22)10(18)5-8-28-15(26)12(19)13(27-4)11-9-20-6-7-21-11;1-2(3)4/h6-7,9-10H,5,8,18-19H2,1-4H3;1H3,(H2,3,4)/b13-12+;. The summed E-state index contributed by atoms with van der Waals surface area (Å²) in [6, 6.07) is -0.979. The van der Waals surface area contributed by atoms with Crippen LogP contribution in [0.1, 0.15) is 39.8 Å². The molecule has 0 saturated carbocycles. The van der Waals surface area contributed by atoms with Crippen LogP contribution in [-0.4, -0.2) is 54.9 Å². The monoisotopic (exact) mass is 519 g/mol. The van der Waals surface area contributed by atoms with Crippen molar-refractivity contribution in [1.82, 2.24) is 9.97 Å². The number of hydrogen-bond donors (Lipinski definition) is 3. The van der Waals surface area contributed by atoms with Crippen LogP contribution in [0.15, 0.2) is 24.3 Å². The summed E-state index contributed by atoms with van der Waals surface area (Å²) in [6.07, 6.45) is 5.80. The van der Waals surface area contributed by atoms with E-state index in [9.17, 15) is 9.59 Å². The Hall–Kier alpha value is -1.80. The molecule has 0 aliphatic carbocycles. The zero-order chi connectivity index (χ0) is 24.9. The van der Waals surface area contributed by atoms with Crippen molar-refractivity contribution in [2.45, 2.75) is 45.8 Å². The Bertz CT molecular complexity index is 825. The number of aromatic nitrogens is 2. The first-order valence-corrected chi connectivity index (χ1v) is 12.2. The van der Waals surface area contributed by atoms with Crippen LogP contribution in [0.25, 0.3) is 4.91 Å². The van der Waals surface area contributed by atoms with E-state index in [1.807, 2.05) is 6.26 Å². The minimum Gasteiger partial charge on any atom is -0.428 e. The lowest BCUT2D eigenvalue weighted by Crippen LogP contribution is -2.36. The van der Waals surface area contributed by atoms with Gasteiger partial charge in [0.15, 0.2) is 0 Å². The SMILES string of the molecule is CC(N)=S.CS/C(=C(/N)C(=S)SCCC(N)C(=O)OC(=O)OC(C)(C)C)c1cnccn1. The van der Waals surface area contributed by atoms with Gasteiger partial charge in [0.05, 0.1) is 31.7 Å². The third-order valence-electron chi connectivity index (χ3n) is 3.00. The number of thiocarbonyl (C=S) groups is 2. The third kappa shape index (κ3) is 13.6. The topological polar surface area (TPSA) is 156 Å². The van der Waals surface area contributed by atoms with Crippen LogP contribution in [-0.2, 0) is 14.3 Å². The Kier molecular flexibility index (Phi) is 14.3. The van der Waals surface area contributed by atoms with Crippen molar-refractivity contribution in [1.29, 1.82) is 0 Å². The largest absolute Gasteiger partial charge is 0.516 e. The number of carbonyl (C=O) groups is 2. The van der Waals surface area contributed by atoms with Crippen molar-refractivity contribution in [3.63, 3.8) is 0 Å². The molecule has 0 aromatic carbocycles. The van der Waals surface area contributed by atoms with Gasteiger partial charge in [-0.1, -0.05) is 24.4 Å². The van der Waals surface area contributed by atoms with Crippen molar-refractivity contribution >= 4 is 74.2 Å². The molecule has 0 bridgehead atoms. The number of nitrogens with zero attached hydrogens (tertiary/aromatic N) is 2. The molecule has 13 heteroatoms. The fourth-order valence-electron chi connectivity index (χ4n) is 1.76. The van der Waals surface area contributed by atoms with Crippen molar-refractivity contribution in [2.24, 2.45) is 17.2 Å². The summed E-state index contributed by atoms with van der Waals surface area (Å²) < 4.78 is 9.96. The summed E-state index contributed by atoms with van der Waals surface area (Å²) in [5, 5.41) is 0. The van der Waals surface area contributed by atoms with Gasteiger partial charge < -0.3 is 26.7 Å². The van der Waals surface area contributed by atoms with E-state index in [1.54, 1.807) is 46.3 Å². The maximum Gasteiger partial charge on any atom is 0.516 e. The molecule has 6 N–H and O–H groups in total. The van der Waals surface area contributed by atoms with Gasteiger partial charge in [0.1, 0.15) is 11.6 Å². The number of nitrogens with two attached hydrogens (primary N) is 3. The van der Waals surface area contributed by atoms with Crippen LogP contribution in [0.2, 0.25) is 0 Å². The Labute approximate surface area is 207 Å². The lowest BCUT2D eigenvalue weighted by Gasteiger charge is -2.19. The molecule has 1 heterocycles. The zero-order valence-corrected chi connectivity index (χ0v) is 21.9. The summed E-state index contributed by atoms with van der Waals surface area (Å²) >= 11 is 12.4. The number of esters is 1. The lowest BCUT2D eigenvalue weighted by atomic mass is 10.2. The zero-order valence-electron chi connectivity index (χ0n) is 18.6. The molecule has 0 aliphatic heterocycles. The first-order valence-electron chi connectivity index (χ1n) is 9.22. The molecule has 0 saturated heterocycles. The summed E-state index contributed by atoms with van der Waals surface area (Å²) in [5.74, 6) is -0.430. The van der Waals surface area contributed by atoms with Crippen molar-refractivity contribution in [3.05, 3.63) is 30.0 Å². The first kappa shape index (κ1) is 30.2. The Morgan fingerprint density at radius 3 is 2.28 bits per heavy atom. The van der Waals surface area contributed by atoms with Crippen LogP contribution in [0.4, 0.5) is 4.79 Å². The summed E-state index contributed by atoms with van der Waals surface area (Å²) in [6.45, 7) is 6.67. The van der Waals surface area contributed by atoms with E-state index in [0.717, 1.165) is 4.91 Å². The maximum atomic E-state index is 11.8. The second-order valence-corrected chi connectivity index (χ2v) is 10.3. The number of hydrogen-bond acceptors (Lipinski definition) is 12. The Morgan fingerprint density at radius 2 is 1.81 bits per heavy atom. The normalized spacial score (nSPS) is 12.4. The minimum absolute atomic E-state index is 0.249. The van der Waals surface area contributed by atoms with E-state index in [-0.39, 0.29) is 6.42 Å². The van der Waals surface area contributed by atoms with E-state index in [2.05, 4.69) is 26.9 Å². The predicted molar refractivity (Wildman–Crippen MR) is 139 cm³/mol. The molecule has 178 valence electrons. The fraction of sp³-hybridized carbons (Fsp3) is 0.474. The average Bonchev–Trinajstić information content (AvgIpc) is 2.67. The van der Waals surface area contributed by atoms with Gasteiger partial charge in [-0.2, -0.15) is 0 Å². The van der Waals surface area contributed by atoms with Crippen LogP contribution < -0.4 is 17.2 Å². The molecule has 0 radical (unpaired) electrons. The molecule has 0 amide bonds. The predicted octanol–water partition coefficient (Wildman–Crippen LogP) is 3.02. The molecule has 1 rings (SSSR count). The van der Waals surface area contributed by atoms with Crippen molar-refractivity contribution in [3.8, 4) is 0 Å². The molecule has 0 aliphatic rings. The van der Waals surface area contributed by atoms with Gasteiger partial charge in [-0.3, -0.25) is 9.97 Å². The number of carbonyl (C=O) groups excluding carboxylic acids is 2. The maximum absolute atomic E-state index is 11.8. The van der Waals surface area contributed by atoms with Gasteiger partial charge in [-0.25, -0.2) is 9.59 Å². The van der Waals surface area contributed by atoms with Gasteiger partial charge in [0.25, 0.3) is 0 Å². The number of rotatable bonds is 7. The van der Waals surface area contributed by atoms with E-state index in [4.69, 9.17) is 34.2 Å². The van der Waals surface area contributed by atoms with E-state index >= 15 is 0 Å². The highest BCUT2D eigenvalue weighted by Gasteiger charge is 2.24. The summed E-state index contributed by atoms with van der Waals surface area (Å²) in [4.78, 5) is 32.8. The first-order chi connectivity index (χ1) is 14.8. The van der Waals surface area contributed by atoms with E-state index in [0.29, 0.717) is 26.3 Å². The smallest absolute Gasteiger partial charge is 0.428 e. The number of ether oxygens (including phenoxy) is 2. The van der Waals surface area contributed by atoms with Crippen LogP contribution in [0, 0.1) is 0 Å². The highest BCUT2D eigenvalue weighted by molar-refractivity contribution is 8.23. The molecule has 1 atom stereocenters.